The number of amides is 1. The number of nitrogens with zero attached hydrogens (tertiary/aromatic N) is 3. The van der Waals surface area contributed by atoms with E-state index in [9.17, 15) is 4.79 Å². The molecule has 2 heterocycles. The summed E-state index contributed by atoms with van der Waals surface area (Å²) < 4.78 is 6.39. The Morgan fingerprint density at radius 1 is 1.24 bits per heavy atom. The van der Waals surface area contributed by atoms with Gasteiger partial charge < -0.3 is 15.0 Å². The molecule has 0 spiro atoms. The molecule has 1 unspecified atom stereocenters. The van der Waals surface area contributed by atoms with E-state index in [-0.39, 0.29) is 11.9 Å². The largest absolute Gasteiger partial charge is 0.492 e. The summed E-state index contributed by atoms with van der Waals surface area (Å²) >= 11 is 2.85. The van der Waals surface area contributed by atoms with E-state index in [1.54, 1.807) is 0 Å². The lowest BCUT2D eigenvalue weighted by Crippen LogP contribution is -2.36. The normalized spacial score (nSPS) is 15.2. The van der Waals surface area contributed by atoms with Crippen LogP contribution in [0.2, 0.25) is 0 Å². The minimum atomic E-state index is 0.0962. The number of rotatable bonds is 7. The average molecular weight is 427 g/mol. The first-order valence-electron chi connectivity index (χ1n) is 9.51. The summed E-state index contributed by atoms with van der Waals surface area (Å²) in [5.41, 5.74) is 3.10. The maximum Gasteiger partial charge on any atom is 0.237 e. The highest BCUT2D eigenvalue weighted by Crippen LogP contribution is 2.34. The SMILES string of the molecule is CCOc1ccccc1Nc1nnc(SCC(=O)N2c3ccccc3CC2C)s1. The third kappa shape index (κ3) is 4.38. The van der Waals surface area contributed by atoms with Gasteiger partial charge in [-0.3, -0.25) is 4.79 Å². The van der Waals surface area contributed by atoms with Crippen LogP contribution in [0.1, 0.15) is 19.4 Å². The van der Waals surface area contributed by atoms with E-state index in [1.165, 1.54) is 28.7 Å². The zero-order valence-corrected chi connectivity index (χ0v) is 17.9. The van der Waals surface area contributed by atoms with E-state index in [0.29, 0.717) is 17.5 Å². The molecule has 3 aromatic rings. The van der Waals surface area contributed by atoms with Crippen molar-refractivity contribution in [3.05, 3.63) is 54.1 Å². The Kier molecular flexibility index (Phi) is 6.01. The first-order chi connectivity index (χ1) is 14.2. The standard InChI is InChI=1S/C21H22N4O2S2/c1-3-27-18-11-7-5-9-16(18)22-20-23-24-21(29-20)28-13-19(26)25-14(2)12-15-8-4-6-10-17(15)25/h4-11,14H,3,12-13H2,1-2H3,(H,22,23). The number of hydrogen-bond acceptors (Lipinski definition) is 7. The lowest BCUT2D eigenvalue weighted by molar-refractivity contribution is -0.116. The Balaban J connectivity index is 1.38. The van der Waals surface area contributed by atoms with E-state index < -0.39 is 0 Å². The molecular weight excluding hydrogens is 404 g/mol. The van der Waals surface area contributed by atoms with Crippen molar-refractivity contribution in [3.63, 3.8) is 0 Å². The van der Waals surface area contributed by atoms with Gasteiger partial charge in [0.25, 0.3) is 0 Å². The summed E-state index contributed by atoms with van der Waals surface area (Å²) in [7, 11) is 0. The van der Waals surface area contributed by atoms with Gasteiger partial charge in [-0.05, 0) is 44.0 Å². The van der Waals surface area contributed by atoms with Crippen molar-refractivity contribution in [3.8, 4) is 5.75 Å². The third-order valence-electron chi connectivity index (χ3n) is 4.63. The average Bonchev–Trinajstić information content (AvgIpc) is 3.31. The van der Waals surface area contributed by atoms with Gasteiger partial charge in [-0.25, -0.2) is 0 Å². The number of thioether (sulfide) groups is 1. The predicted octanol–water partition coefficient (Wildman–Crippen LogP) is 4.75. The molecule has 1 aliphatic rings. The second-order valence-corrected chi connectivity index (χ2v) is 8.86. The molecule has 2 aromatic carbocycles. The molecule has 1 atom stereocenters. The molecule has 1 amide bonds. The van der Waals surface area contributed by atoms with Crippen molar-refractivity contribution in [2.75, 3.05) is 22.6 Å². The molecular formula is C21H22N4O2S2. The number of aromatic nitrogens is 2. The summed E-state index contributed by atoms with van der Waals surface area (Å²) in [5.74, 6) is 1.21. The number of carbonyl (C=O) groups excluding carboxylic acids is 1. The summed E-state index contributed by atoms with van der Waals surface area (Å²) in [6, 6.07) is 16.0. The summed E-state index contributed by atoms with van der Waals surface area (Å²) in [4.78, 5) is 14.7. The highest BCUT2D eigenvalue weighted by atomic mass is 32.2. The Bertz CT molecular complexity index is 1010. The van der Waals surface area contributed by atoms with Crippen LogP contribution in [0.3, 0.4) is 0 Å². The number of carbonyl (C=O) groups is 1. The first kappa shape index (κ1) is 19.7. The molecule has 1 aromatic heterocycles. The van der Waals surface area contributed by atoms with Crippen LogP contribution in [-0.4, -0.2) is 34.5 Å². The van der Waals surface area contributed by atoms with E-state index in [4.69, 9.17) is 4.74 Å². The van der Waals surface area contributed by atoms with Crippen LogP contribution in [0.25, 0.3) is 0 Å². The molecule has 0 fully saturated rings. The molecule has 0 saturated heterocycles. The first-order valence-corrected chi connectivity index (χ1v) is 11.3. The lowest BCUT2D eigenvalue weighted by atomic mass is 10.1. The van der Waals surface area contributed by atoms with Gasteiger partial charge >= 0.3 is 0 Å². The van der Waals surface area contributed by atoms with E-state index in [2.05, 4.69) is 28.5 Å². The van der Waals surface area contributed by atoms with Gasteiger partial charge in [-0.15, -0.1) is 10.2 Å². The van der Waals surface area contributed by atoms with Gasteiger partial charge in [-0.1, -0.05) is 53.4 Å². The highest BCUT2D eigenvalue weighted by Gasteiger charge is 2.30. The van der Waals surface area contributed by atoms with Crippen LogP contribution in [0.15, 0.2) is 52.9 Å². The second kappa shape index (κ2) is 8.84. The molecule has 29 heavy (non-hydrogen) atoms. The Morgan fingerprint density at radius 2 is 2.03 bits per heavy atom. The topological polar surface area (TPSA) is 67.3 Å². The van der Waals surface area contributed by atoms with Crippen molar-refractivity contribution in [2.45, 2.75) is 30.6 Å². The Morgan fingerprint density at radius 3 is 2.90 bits per heavy atom. The Hall–Kier alpha value is -2.58. The van der Waals surface area contributed by atoms with Crippen LogP contribution in [-0.2, 0) is 11.2 Å². The Labute approximate surface area is 178 Å². The molecule has 4 rings (SSSR count). The molecule has 0 saturated carbocycles. The number of nitrogens with one attached hydrogen (secondary N) is 1. The minimum absolute atomic E-state index is 0.0962. The van der Waals surface area contributed by atoms with Crippen molar-refractivity contribution in [1.82, 2.24) is 10.2 Å². The zero-order chi connectivity index (χ0) is 20.2. The summed E-state index contributed by atoms with van der Waals surface area (Å²) in [5, 5.41) is 12.3. The fourth-order valence-electron chi connectivity index (χ4n) is 3.42. The number of benzene rings is 2. The number of hydrogen-bond donors (Lipinski definition) is 1. The van der Waals surface area contributed by atoms with Crippen molar-refractivity contribution in [2.24, 2.45) is 0 Å². The van der Waals surface area contributed by atoms with Gasteiger partial charge in [0.2, 0.25) is 11.0 Å². The highest BCUT2D eigenvalue weighted by molar-refractivity contribution is 8.01. The van der Waals surface area contributed by atoms with E-state index >= 15 is 0 Å². The van der Waals surface area contributed by atoms with Crippen LogP contribution < -0.4 is 15.0 Å². The summed E-state index contributed by atoms with van der Waals surface area (Å²) in [6.45, 7) is 4.63. The lowest BCUT2D eigenvalue weighted by Gasteiger charge is -2.22. The van der Waals surface area contributed by atoms with E-state index in [0.717, 1.165) is 27.9 Å². The predicted molar refractivity (Wildman–Crippen MR) is 119 cm³/mol. The fraction of sp³-hybridized carbons (Fsp3) is 0.286. The molecule has 150 valence electrons. The van der Waals surface area contributed by atoms with Crippen LogP contribution in [0, 0.1) is 0 Å². The fourth-order valence-corrected chi connectivity index (χ4v) is 5.05. The number of ether oxygens (including phenoxy) is 1. The molecule has 8 heteroatoms. The van der Waals surface area contributed by atoms with E-state index in [1.807, 2.05) is 54.3 Å². The van der Waals surface area contributed by atoms with Crippen LogP contribution in [0.4, 0.5) is 16.5 Å². The van der Waals surface area contributed by atoms with Gasteiger partial charge in [0, 0.05) is 11.7 Å². The molecule has 0 aliphatic carbocycles. The molecule has 1 aliphatic heterocycles. The van der Waals surface area contributed by atoms with Crippen molar-refractivity contribution >= 4 is 45.5 Å². The number of anilines is 3. The monoisotopic (exact) mass is 426 g/mol. The second-order valence-electron chi connectivity index (χ2n) is 6.66. The minimum Gasteiger partial charge on any atom is -0.492 e. The van der Waals surface area contributed by atoms with Gasteiger partial charge in [0.15, 0.2) is 4.34 Å². The summed E-state index contributed by atoms with van der Waals surface area (Å²) in [6.07, 6.45) is 0.901. The zero-order valence-electron chi connectivity index (χ0n) is 16.3. The number of fused-ring (bicyclic) bond motifs is 1. The van der Waals surface area contributed by atoms with Gasteiger partial charge in [-0.2, -0.15) is 0 Å². The van der Waals surface area contributed by atoms with Crippen LogP contribution in [0.5, 0.6) is 5.75 Å². The van der Waals surface area contributed by atoms with Gasteiger partial charge in [0.1, 0.15) is 5.75 Å². The van der Waals surface area contributed by atoms with Gasteiger partial charge in [0.05, 0.1) is 18.0 Å². The molecule has 6 nitrogen and oxygen atoms in total. The maximum atomic E-state index is 12.8. The third-order valence-corrected chi connectivity index (χ3v) is 6.59. The van der Waals surface area contributed by atoms with Crippen molar-refractivity contribution < 1.29 is 9.53 Å². The molecule has 1 N–H and O–H groups in total. The quantitative estimate of drug-likeness (QED) is 0.550. The molecule has 0 bridgehead atoms. The maximum absolute atomic E-state index is 12.8. The smallest absolute Gasteiger partial charge is 0.237 e. The molecule has 0 radical (unpaired) electrons. The van der Waals surface area contributed by atoms with Crippen LogP contribution >= 0.6 is 23.1 Å². The van der Waals surface area contributed by atoms with Crippen molar-refractivity contribution in [1.29, 1.82) is 0 Å². The number of para-hydroxylation sites is 3.